The van der Waals surface area contributed by atoms with Crippen LogP contribution in [-0.2, 0) is 16.4 Å². The van der Waals surface area contributed by atoms with E-state index in [9.17, 15) is 8.42 Å². The highest BCUT2D eigenvalue weighted by Crippen LogP contribution is 2.27. The van der Waals surface area contributed by atoms with Crippen molar-refractivity contribution in [2.75, 3.05) is 31.1 Å². The number of benzene rings is 2. The van der Waals surface area contributed by atoms with Gasteiger partial charge in [-0.2, -0.15) is 4.31 Å². The van der Waals surface area contributed by atoms with Crippen LogP contribution in [0.3, 0.4) is 0 Å². The Morgan fingerprint density at radius 3 is 2.34 bits per heavy atom. The molecule has 0 unspecified atom stereocenters. The molecular weight excluding hydrogens is 444 g/mol. The Morgan fingerprint density at radius 2 is 1.62 bits per heavy atom. The third-order valence-corrected chi connectivity index (χ3v) is 7.90. The molecule has 0 atom stereocenters. The van der Waals surface area contributed by atoms with Gasteiger partial charge in [-0.1, -0.05) is 41.9 Å². The Bertz CT molecular complexity index is 1180. The third kappa shape index (κ3) is 4.95. The lowest BCUT2D eigenvalue weighted by Gasteiger charge is -2.26. The summed E-state index contributed by atoms with van der Waals surface area (Å²) in [5.41, 5.74) is 3.15. The van der Waals surface area contributed by atoms with Crippen LogP contribution in [0.4, 0.5) is 5.82 Å². The van der Waals surface area contributed by atoms with Crippen LogP contribution in [0, 0.1) is 13.8 Å². The van der Waals surface area contributed by atoms with Crippen LogP contribution in [0.15, 0.2) is 59.5 Å². The van der Waals surface area contributed by atoms with Gasteiger partial charge in [-0.3, -0.25) is 0 Å². The van der Waals surface area contributed by atoms with E-state index in [1.807, 2.05) is 44.2 Å². The first-order valence-electron chi connectivity index (χ1n) is 10.7. The lowest BCUT2D eigenvalue weighted by atomic mass is 10.0. The number of aromatic nitrogens is 2. The van der Waals surface area contributed by atoms with E-state index in [1.54, 1.807) is 28.6 Å². The van der Waals surface area contributed by atoms with Gasteiger partial charge in [0.1, 0.15) is 11.6 Å². The predicted molar refractivity (Wildman–Crippen MR) is 128 cm³/mol. The van der Waals surface area contributed by atoms with E-state index >= 15 is 0 Å². The molecular formula is C24H27ClN4O2S. The summed E-state index contributed by atoms with van der Waals surface area (Å²) in [6, 6.07) is 16.4. The third-order valence-electron chi connectivity index (χ3n) is 5.73. The van der Waals surface area contributed by atoms with Gasteiger partial charge in [-0.15, -0.1) is 0 Å². The summed E-state index contributed by atoms with van der Waals surface area (Å²) in [4.78, 5) is 11.9. The zero-order chi connectivity index (χ0) is 22.7. The molecule has 1 saturated heterocycles. The molecule has 3 aromatic rings. The molecule has 0 spiro atoms. The van der Waals surface area contributed by atoms with Crippen molar-refractivity contribution in [2.24, 2.45) is 0 Å². The number of rotatable bonds is 5. The molecule has 32 heavy (non-hydrogen) atoms. The molecule has 4 rings (SSSR count). The number of hydrogen-bond donors (Lipinski definition) is 0. The van der Waals surface area contributed by atoms with Crippen molar-refractivity contribution in [3.8, 4) is 0 Å². The van der Waals surface area contributed by atoms with Crippen molar-refractivity contribution in [2.45, 2.75) is 31.6 Å². The minimum atomic E-state index is -3.51. The quantitative estimate of drug-likeness (QED) is 0.558. The van der Waals surface area contributed by atoms with Crippen molar-refractivity contribution in [3.05, 3.63) is 82.3 Å². The molecule has 1 aromatic heterocycles. The van der Waals surface area contributed by atoms with Crippen molar-refractivity contribution >= 4 is 27.4 Å². The largest absolute Gasteiger partial charge is 0.355 e. The fourth-order valence-corrected chi connectivity index (χ4v) is 5.70. The highest BCUT2D eigenvalue weighted by molar-refractivity contribution is 7.89. The first-order valence-corrected chi connectivity index (χ1v) is 12.5. The number of nitrogens with zero attached hydrogens (tertiary/aromatic N) is 4. The number of sulfonamides is 1. The average molecular weight is 471 g/mol. The minimum absolute atomic E-state index is 0.339. The van der Waals surface area contributed by atoms with Crippen molar-refractivity contribution < 1.29 is 8.42 Å². The maximum atomic E-state index is 13.1. The molecule has 0 N–H and O–H groups in total. The van der Waals surface area contributed by atoms with Crippen LogP contribution in [0.2, 0.25) is 5.02 Å². The smallest absolute Gasteiger partial charge is 0.243 e. The molecule has 6 nitrogen and oxygen atoms in total. The number of hydrogen-bond acceptors (Lipinski definition) is 5. The highest BCUT2D eigenvalue weighted by atomic mass is 35.5. The maximum Gasteiger partial charge on any atom is 0.243 e. The summed E-state index contributed by atoms with van der Waals surface area (Å²) in [6.07, 6.45) is 1.43. The van der Waals surface area contributed by atoms with Crippen molar-refractivity contribution in [1.29, 1.82) is 0 Å². The molecule has 1 aliphatic heterocycles. The van der Waals surface area contributed by atoms with Gasteiger partial charge in [0.25, 0.3) is 0 Å². The summed E-state index contributed by atoms with van der Waals surface area (Å²) in [5.74, 6) is 1.61. The van der Waals surface area contributed by atoms with Gasteiger partial charge < -0.3 is 4.90 Å². The Kier molecular flexibility index (Phi) is 6.79. The average Bonchev–Trinajstić information content (AvgIpc) is 3.04. The number of aryl methyl sites for hydroxylation is 2. The molecule has 0 saturated carbocycles. The van der Waals surface area contributed by atoms with Crippen LogP contribution >= 0.6 is 11.6 Å². The zero-order valence-corrected chi connectivity index (χ0v) is 19.9. The van der Waals surface area contributed by atoms with E-state index in [0.717, 1.165) is 41.4 Å². The van der Waals surface area contributed by atoms with Gasteiger partial charge in [0, 0.05) is 48.9 Å². The van der Waals surface area contributed by atoms with Crippen LogP contribution in [-0.4, -0.2) is 48.9 Å². The molecule has 0 bridgehead atoms. The first kappa shape index (κ1) is 22.7. The summed E-state index contributed by atoms with van der Waals surface area (Å²) >= 11 is 6.05. The van der Waals surface area contributed by atoms with E-state index in [0.29, 0.717) is 36.0 Å². The predicted octanol–water partition coefficient (Wildman–Crippen LogP) is 4.24. The summed E-state index contributed by atoms with van der Waals surface area (Å²) < 4.78 is 27.8. The first-order chi connectivity index (χ1) is 15.3. The summed E-state index contributed by atoms with van der Waals surface area (Å²) in [6.45, 7) is 6.13. The van der Waals surface area contributed by atoms with Crippen LogP contribution in [0.25, 0.3) is 0 Å². The Hall–Kier alpha value is -2.48. The van der Waals surface area contributed by atoms with Gasteiger partial charge in [-0.05, 0) is 50.1 Å². The number of anilines is 1. The fraction of sp³-hybridized carbons (Fsp3) is 0.333. The standard InChI is InChI=1S/C24H27ClN4O2S/c1-18-23(17-20-9-11-21(25)12-10-20)24(27-19(2)26-18)28-13-6-14-29(16-15-28)32(30,31)22-7-4-3-5-8-22/h3-5,7-12H,6,13-17H2,1-2H3. The normalized spacial score (nSPS) is 15.5. The monoisotopic (exact) mass is 470 g/mol. The summed E-state index contributed by atoms with van der Waals surface area (Å²) in [7, 11) is -3.51. The van der Waals surface area contributed by atoms with E-state index in [-0.39, 0.29) is 0 Å². The molecule has 1 aliphatic rings. The second kappa shape index (κ2) is 9.57. The lowest BCUT2D eigenvalue weighted by molar-refractivity contribution is 0.433. The molecule has 1 fully saturated rings. The zero-order valence-electron chi connectivity index (χ0n) is 18.3. The highest BCUT2D eigenvalue weighted by Gasteiger charge is 2.28. The van der Waals surface area contributed by atoms with E-state index in [2.05, 4.69) is 9.88 Å². The fourth-order valence-electron chi connectivity index (χ4n) is 4.08. The maximum absolute atomic E-state index is 13.1. The number of halogens is 1. The molecule has 0 aliphatic carbocycles. The second-order valence-electron chi connectivity index (χ2n) is 8.02. The van der Waals surface area contributed by atoms with Gasteiger partial charge in [0.2, 0.25) is 10.0 Å². The topological polar surface area (TPSA) is 66.4 Å². The Labute approximate surface area is 194 Å². The van der Waals surface area contributed by atoms with Crippen LogP contribution in [0.5, 0.6) is 0 Å². The van der Waals surface area contributed by atoms with Gasteiger partial charge >= 0.3 is 0 Å². The van der Waals surface area contributed by atoms with E-state index in [4.69, 9.17) is 16.6 Å². The second-order valence-corrected chi connectivity index (χ2v) is 10.4. The molecule has 0 radical (unpaired) electrons. The Morgan fingerprint density at radius 1 is 0.906 bits per heavy atom. The van der Waals surface area contributed by atoms with E-state index < -0.39 is 10.0 Å². The molecule has 168 valence electrons. The van der Waals surface area contributed by atoms with Crippen molar-refractivity contribution in [1.82, 2.24) is 14.3 Å². The molecule has 8 heteroatoms. The van der Waals surface area contributed by atoms with E-state index in [1.165, 1.54) is 0 Å². The Balaban J connectivity index is 1.59. The van der Waals surface area contributed by atoms with Gasteiger partial charge in [0.05, 0.1) is 4.90 Å². The lowest BCUT2D eigenvalue weighted by Crippen LogP contribution is -2.35. The van der Waals surface area contributed by atoms with Gasteiger partial charge in [-0.25, -0.2) is 18.4 Å². The van der Waals surface area contributed by atoms with Crippen molar-refractivity contribution in [3.63, 3.8) is 0 Å². The summed E-state index contributed by atoms with van der Waals surface area (Å²) in [5, 5.41) is 0.707. The molecule has 2 aromatic carbocycles. The van der Waals surface area contributed by atoms with Crippen LogP contribution in [0.1, 0.15) is 29.1 Å². The molecule has 0 amide bonds. The minimum Gasteiger partial charge on any atom is -0.355 e. The molecule has 2 heterocycles. The SMILES string of the molecule is Cc1nc(C)c(Cc2ccc(Cl)cc2)c(N2CCCN(S(=O)(=O)c3ccccc3)CC2)n1. The van der Waals surface area contributed by atoms with Crippen LogP contribution < -0.4 is 4.90 Å². The van der Waals surface area contributed by atoms with Gasteiger partial charge in [0.15, 0.2) is 0 Å².